The summed E-state index contributed by atoms with van der Waals surface area (Å²) >= 11 is 0. The summed E-state index contributed by atoms with van der Waals surface area (Å²) in [6.07, 6.45) is -18.7. The molecule has 16 nitrogen and oxygen atoms in total. The number of halogens is 1. The lowest BCUT2D eigenvalue weighted by Crippen LogP contribution is -2.67. The lowest BCUT2D eigenvalue weighted by Gasteiger charge is -2.48. The van der Waals surface area contributed by atoms with Crippen molar-refractivity contribution in [3.8, 4) is 0 Å². The Balaban J connectivity index is 1.33. The summed E-state index contributed by atoms with van der Waals surface area (Å²) in [5, 5.41) is 11.6. The van der Waals surface area contributed by atoms with E-state index in [0.29, 0.717) is 0 Å². The van der Waals surface area contributed by atoms with Crippen molar-refractivity contribution < 1.29 is 80.9 Å². The lowest BCUT2D eigenvalue weighted by atomic mass is 9.96. The van der Waals surface area contributed by atoms with E-state index in [2.05, 4.69) is 0 Å². The molecule has 0 unspecified atom stereocenters. The number of ether oxygens (including phenoxy) is 9. The molecule has 0 radical (unpaired) electrons. The Morgan fingerprint density at radius 2 is 0.818 bits per heavy atom. The molecule has 0 spiro atoms. The fourth-order valence-corrected chi connectivity index (χ4v) is 7.19. The second kappa shape index (κ2) is 22.1. The van der Waals surface area contributed by atoms with Crippen molar-refractivity contribution in [2.24, 2.45) is 0 Å². The third-order valence-corrected chi connectivity index (χ3v) is 10.3. The summed E-state index contributed by atoms with van der Waals surface area (Å²) in [6, 6.07) is 38.2. The minimum absolute atomic E-state index is 0.00147. The maximum atomic E-state index is 15.3. The summed E-state index contributed by atoms with van der Waals surface area (Å²) in [6.45, 7) is -1.10. The highest BCUT2D eigenvalue weighted by Gasteiger charge is 2.57. The Labute approximate surface area is 377 Å². The quantitative estimate of drug-likeness (QED) is 0.102. The Morgan fingerprint density at radius 1 is 0.455 bits per heavy atom. The van der Waals surface area contributed by atoms with Gasteiger partial charge in [0.25, 0.3) is 0 Å². The number of rotatable bonds is 15. The first-order chi connectivity index (χ1) is 32.0. The Kier molecular flexibility index (Phi) is 15.6. The minimum Gasteiger partial charge on any atom is -0.459 e. The van der Waals surface area contributed by atoms with Crippen molar-refractivity contribution in [3.63, 3.8) is 0 Å². The van der Waals surface area contributed by atoms with Gasteiger partial charge in [-0.15, -0.1) is 0 Å². The Bertz CT molecular complexity index is 2430. The number of carbonyl (C=O) groups is 6. The molecular formula is C49H43FO16. The van der Waals surface area contributed by atoms with Gasteiger partial charge >= 0.3 is 35.8 Å². The van der Waals surface area contributed by atoms with Gasteiger partial charge in [-0.2, -0.15) is 0 Å². The van der Waals surface area contributed by atoms with Gasteiger partial charge in [-0.25, -0.2) is 28.4 Å². The van der Waals surface area contributed by atoms with Crippen LogP contribution in [0.4, 0.5) is 4.39 Å². The van der Waals surface area contributed by atoms with Gasteiger partial charge in [0.05, 0.1) is 27.8 Å². The van der Waals surface area contributed by atoms with Crippen molar-refractivity contribution in [3.05, 3.63) is 179 Å². The molecule has 0 bridgehead atoms. The van der Waals surface area contributed by atoms with E-state index in [1.165, 1.54) is 60.7 Å². The number of alkyl halides is 1. The van der Waals surface area contributed by atoms with Crippen molar-refractivity contribution in [1.29, 1.82) is 0 Å². The zero-order valence-corrected chi connectivity index (χ0v) is 35.1. The summed E-state index contributed by atoms with van der Waals surface area (Å²) in [7, 11) is 0. The molecule has 0 amide bonds. The largest absolute Gasteiger partial charge is 0.459 e. The highest BCUT2D eigenvalue weighted by atomic mass is 19.1. The Morgan fingerprint density at radius 3 is 1.21 bits per heavy atom. The van der Waals surface area contributed by atoms with E-state index in [-0.39, 0.29) is 27.8 Å². The number of esters is 6. The van der Waals surface area contributed by atoms with E-state index < -0.39 is 111 Å². The monoisotopic (exact) mass is 906 g/mol. The number of hydrogen-bond acceptors (Lipinski definition) is 16. The van der Waals surface area contributed by atoms with Crippen LogP contribution in [0.15, 0.2) is 152 Å². The van der Waals surface area contributed by atoms with Crippen LogP contribution in [0.3, 0.4) is 0 Å². The zero-order chi connectivity index (χ0) is 46.6. The highest BCUT2D eigenvalue weighted by molar-refractivity contribution is 5.92. The predicted octanol–water partition coefficient (Wildman–Crippen LogP) is 5.47. The molecule has 2 heterocycles. The van der Waals surface area contributed by atoms with Crippen molar-refractivity contribution in [1.82, 2.24) is 0 Å². The third-order valence-electron chi connectivity index (χ3n) is 10.3. The number of hydrogen-bond donors (Lipinski definition) is 1. The molecule has 2 saturated heterocycles. The minimum atomic E-state index is -2.09. The van der Waals surface area contributed by atoms with Gasteiger partial charge in [0.2, 0.25) is 0 Å². The summed E-state index contributed by atoms with van der Waals surface area (Å²) in [4.78, 5) is 81.2. The average molecular weight is 907 g/mol. The summed E-state index contributed by atoms with van der Waals surface area (Å²) in [5.74, 6) is -5.82. The van der Waals surface area contributed by atoms with Gasteiger partial charge < -0.3 is 47.7 Å². The van der Waals surface area contributed by atoms with Gasteiger partial charge in [-0.05, 0) is 60.7 Å². The zero-order valence-electron chi connectivity index (χ0n) is 35.1. The predicted molar refractivity (Wildman–Crippen MR) is 225 cm³/mol. The molecule has 17 heteroatoms. The van der Waals surface area contributed by atoms with Crippen LogP contribution in [0.1, 0.15) is 58.7 Å². The van der Waals surface area contributed by atoms with Crippen molar-refractivity contribution >= 4 is 35.8 Å². The first-order valence-electron chi connectivity index (χ1n) is 20.6. The average Bonchev–Trinajstić information content (AvgIpc) is 3.35. The van der Waals surface area contributed by atoms with Crippen molar-refractivity contribution in [2.45, 2.75) is 68.3 Å². The van der Waals surface area contributed by atoms with E-state index in [4.69, 9.17) is 42.6 Å². The first kappa shape index (κ1) is 46.7. The van der Waals surface area contributed by atoms with Crippen LogP contribution in [0.2, 0.25) is 0 Å². The van der Waals surface area contributed by atoms with Crippen LogP contribution in [0, 0.1) is 0 Å². The van der Waals surface area contributed by atoms with E-state index in [9.17, 15) is 33.9 Å². The molecule has 2 fully saturated rings. The highest BCUT2D eigenvalue weighted by Crippen LogP contribution is 2.36. The molecule has 10 atom stereocenters. The Hall–Kier alpha value is -7.31. The van der Waals surface area contributed by atoms with Gasteiger partial charge in [0.15, 0.2) is 43.1 Å². The molecule has 0 aliphatic carbocycles. The molecule has 7 rings (SSSR count). The molecule has 0 saturated carbocycles. The molecule has 0 aromatic heterocycles. The molecule has 1 N–H and O–H groups in total. The first-order valence-corrected chi connectivity index (χ1v) is 20.6. The number of benzene rings is 5. The molecule has 2 aliphatic rings. The molecule has 2 aliphatic heterocycles. The van der Waals surface area contributed by atoms with E-state index in [1.807, 2.05) is 0 Å². The van der Waals surface area contributed by atoms with Crippen LogP contribution in [0.5, 0.6) is 0 Å². The van der Waals surface area contributed by atoms with Crippen LogP contribution >= 0.6 is 0 Å². The van der Waals surface area contributed by atoms with Gasteiger partial charge in [-0.1, -0.05) is 91.0 Å². The van der Waals surface area contributed by atoms with Gasteiger partial charge in [0.1, 0.15) is 31.6 Å². The molecule has 66 heavy (non-hydrogen) atoms. The lowest BCUT2D eigenvalue weighted by molar-refractivity contribution is -0.351. The summed E-state index contributed by atoms with van der Waals surface area (Å²) < 4.78 is 68.7. The standard InChI is InChI=1S/C49H43FO16/c1-29(51)59-37-35(27-50)61-49(42(65-47(56)34-25-15-6-16-26-34)40(37)63-45(54)32-21-11-4-12-22-32)66-38-36(28-58-43(52)30-17-7-2-8-18-30)60-48(57)41(64-46(55)33-23-13-5-14-24-33)39(38)62-44(53)31-19-9-3-10-20-31/h2-26,35-42,48-49,57H,27-28H2,1H3/t35-,36-,37+,38-,39+,40+,41+,42-,48+,49+/m1/s1. The van der Waals surface area contributed by atoms with Gasteiger partial charge in [0, 0.05) is 6.92 Å². The maximum absolute atomic E-state index is 15.3. The number of aliphatic hydroxyl groups is 1. The maximum Gasteiger partial charge on any atom is 0.338 e. The molecule has 5 aromatic rings. The fraction of sp³-hybridized carbons (Fsp3) is 0.265. The van der Waals surface area contributed by atoms with Crippen LogP contribution in [-0.4, -0.2) is 116 Å². The molecular weight excluding hydrogens is 864 g/mol. The molecule has 5 aromatic carbocycles. The van der Waals surface area contributed by atoms with Crippen LogP contribution < -0.4 is 0 Å². The van der Waals surface area contributed by atoms with Gasteiger partial charge in [-0.3, -0.25) is 4.79 Å². The summed E-state index contributed by atoms with van der Waals surface area (Å²) in [5.41, 5.74) is 0.179. The van der Waals surface area contributed by atoms with E-state index in [1.54, 1.807) is 91.0 Å². The second-order valence-electron chi connectivity index (χ2n) is 14.8. The number of aliphatic hydroxyl groups excluding tert-OH is 1. The van der Waals surface area contributed by atoms with E-state index >= 15 is 4.39 Å². The topological polar surface area (TPSA) is 206 Å². The SMILES string of the molecule is CC(=O)O[C@@H]1[C@H](OC(=O)c2ccccc2)[C@@H](OC(=O)c2ccccc2)[C@H](O[C@H]2[C@H](OC(=O)c3ccccc3)[C@H](OC(=O)c3ccccc3)[C@@H](O)O[C@@H]2COC(=O)c2ccccc2)O[C@@H]1CF. The van der Waals surface area contributed by atoms with Crippen molar-refractivity contribution in [2.75, 3.05) is 13.3 Å². The van der Waals surface area contributed by atoms with Crippen LogP contribution in [-0.2, 0) is 47.4 Å². The molecule has 342 valence electrons. The second-order valence-corrected chi connectivity index (χ2v) is 14.8. The normalized spacial score (nSPS) is 24.7. The fourth-order valence-electron chi connectivity index (χ4n) is 7.19. The third kappa shape index (κ3) is 11.5. The number of carbonyl (C=O) groups excluding carboxylic acids is 6. The smallest absolute Gasteiger partial charge is 0.338 e. The van der Waals surface area contributed by atoms with E-state index in [0.717, 1.165) is 6.92 Å². The van der Waals surface area contributed by atoms with Crippen LogP contribution in [0.25, 0.3) is 0 Å².